The van der Waals surface area contributed by atoms with Gasteiger partial charge in [0.05, 0.1) is 0 Å². The molecule has 21 heavy (non-hydrogen) atoms. The lowest BCUT2D eigenvalue weighted by molar-refractivity contribution is -0.116. The molecule has 0 unspecified atom stereocenters. The van der Waals surface area contributed by atoms with Gasteiger partial charge in [0.2, 0.25) is 0 Å². The second-order valence-corrected chi connectivity index (χ2v) is 5.42. The van der Waals surface area contributed by atoms with Gasteiger partial charge in [0, 0.05) is 12.0 Å². The molecule has 110 valence electrons. The fraction of sp³-hybridized carbons (Fsp3) is 0.368. The van der Waals surface area contributed by atoms with Crippen LogP contribution in [0.4, 0.5) is 0 Å². The Morgan fingerprint density at radius 3 is 2.57 bits per heavy atom. The smallest absolute Gasteiger partial charge is 0.185 e. The van der Waals surface area contributed by atoms with E-state index in [0.717, 1.165) is 56.1 Å². The molecule has 2 heteroatoms. The van der Waals surface area contributed by atoms with Crippen LogP contribution in [-0.2, 0) is 4.79 Å². The van der Waals surface area contributed by atoms with Crippen molar-refractivity contribution in [1.82, 2.24) is 0 Å². The lowest BCUT2D eigenvalue weighted by Crippen LogP contribution is -2.08. The van der Waals surface area contributed by atoms with Crippen molar-refractivity contribution in [3.63, 3.8) is 0 Å². The van der Waals surface area contributed by atoms with E-state index in [1.165, 1.54) is 0 Å². The fourth-order valence-electron chi connectivity index (χ4n) is 2.52. The molecular formula is C19H22O2. The zero-order valence-corrected chi connectivity index (χ0v) is 12.4. The van der Waals surface area contributed by atoms with Gasteiger partial charge in [0.15, 0.2) is 11.6 Å². The maximum Gasteiger partial charge on any atom is 0.185 e. The summed E-state index contributed by atoms with van der Waals surface area (Å²) in [7, 11) is 0. The summed E-state index contributed by atoms with van der Waals surface area (Å²) in [6.45, 7) is 0. The molecular weight excluding hydrogens is 260 g/mol. The summed E-state index contributed by atoms with van der Waals surface area (Å²) in [5.41, 5.74) is 1.74. The van der Waals surface area contributed by atoms with E-state index in [9.17, 15) is 9.59 Å². The van der Waals surface area contributed by atoms with Crippen molar-refractivity contribution < 1.29 is 9.59 Å². The molecule has 0 heterocycles. The molecule has 2 rings (SSSR count). The van der Waals surface area contributed by atoms with Crippen LogP contribution in [-0.4, -0.2) is 11.6 Å². The Balaban J connectivity index is 1.70. The van der Waals surface area contributed by atoms with Gasteiger partial charge in [-0.05, 0) is 50.2 Å². The molecule has 0 bridgehead atoms. The van der Waals surface area contributed by atoms with E-state index in [-0.39, 0.29) is 5.78 Å². The standard InChI is InChI=1S/C19H22O2/c20-18(16-11-5-3-6-12-16)14-7-2-1-4-10-17-13-8-9-15-19(17)21/h3,5-7,10-12,14H,1-2,4,8-9,13,15H2/b14-7+,17-10-. The predicted molar refractivity (Wildman–Crippen MR) is 85.3 cm³/mol. The van der Waals surface area contributed by atoms with E-state index < -0.39 is 0 Å². The normalized spacial score (nSPS) is 17.5. The Hall–Kier alpha value is -1.96. The molecule has 0 aromatic heterocycles. The maximum absolute atomic E-state index is 11.8. The van der Waals surface area contributed by atoms with Crippen LogP contribution in [0.1, 0.15) is 55.3 Å². The molecule has 0 amide bonds. The van der Waals surface area contributed by atoms with Crippen molar-refractivity contribution in [3.8, 4) is 0 Å². The third-order valence-corrected chi connectivity index (χ3v) is 3.75. The van der Waals surface area contributed by atoms with Gasteiger partial charge in [-0.1, -0.05) is 42.5 Å². The first-order valence-corrected chi connectivity index (χ1v) is 7.75. The van der Waals surface area contributed by atoms with Crippen molar-refractivity contribution in [2.24, 2.45) is 0 Å². The molecule has 1 aromatic rings. The van der Waals surface area contributed by atoms with Crippen LogP contribution in [0.5, 0.6) is 0 Å². The lowest BCUT2D eigenvalue weighted by atomic mass is 9.92. The number of carbonyl (C=O) groups excluding carboxylic acids is 2. The summed E-state index contributed by atoms with van der Waals surface area (Å²) < 4.78 is 0. The second-order valence-electron chi connectivity index (χ2n) is 5.42. The maximum atomic E-state index is 11.8. The minimum absolute atomic E-state index is 0.0522. The molecule has 0 N–H and O–H groups in total. The van der Waals surface area contributed by atoms with E-state index in [2.05, 4.69) is 6.08 Å². The van der Waals surface area contributed by atoms with Gasteiger partial charge in [-0.15, -0.1) is 0 Å². The zero-order chi connectivity index (χ0) is 14.9. The number of allylic oxidation sites excluding steroid dienone is 4. The minimum atomic E-state index is 0.0522. The molecule has 1 aromatic carbocycles. The fourth-order valence-corrected chi connectivity index (χ4v) is 2.52. The summed E-state index contributed by atoms with van der Waals surface area (Å²) in [6.07, 6.45) is 12.3. The average Bonchev–Trinajstić information content (AvgIpc) is 2.53. The zero-order valence-electron chi connectivity index (χ0n) is 12.4. The Kier molecular flexibility index (Phi) is 6.14. The number of hydrogen-bond acceptors (Lipinski definition) is 2. The number of benzene rings is 1. The van der Waals surface area contributed by atoms with Crippen molar-refractivity contribution in [1.29, 1.82) is 0 Å². The van der Waals surface area contributed by atoms with Crippen LogP contribution >= 0.6 is 0 Å². The molecule has 0 radical (unpaired) electrons. The summed E-state index contributed by atoms with van der Waals surface area (Å²) in [5, 5.41) is 0. The number of hydrogen-bond donors (Lipinski definition) is 0. The highest BCUT2D eigenvalue weighted by Crippen LogP contribution is 2.20. The molecule has 2 nitrogen and oxygen atoms in total. The number of unbranched alkanes of at least 4 members (excludes halogenated alkanes) is 2. The molecule has 0 atom stereocenters. The van der Waals surface area contributed by atoms with E-state index in [4.69, 9.17) is 0 Å². The second kappa shape index (κ2) is 8.35. The van der Waals surface area contributed by atoms with E-state index in [1.807, 2.05) is 36.4 Å². The Morgan fingerprint density at radius 2 is 1.81 bits per heavy atom. The van der Waals surface area contributed by atoms with Gasteiger partial charge >= 0.3 is 0 Å². The number of rotatable bonds is 6. The van der Waals surface area contributed by atoms with Crippen molar-refractivity contribution in [2.45, 2.75) is 44.9 Å². The molecule has 1 saturated carbocycles. The molecule has 0 aliphatic heterocycles. The van der Waals surface area contributed by atoms with Gasteiger partial charge in [-0.2, -0.15) is 0 Å². The van der Waals surface area contributed by atoms with E-state index in [1.54, 1.807) is 6.08 Å². The Labute approximate surface area is 126 Å². The Bertz CT molecular complexity index is 538. The first-order chi connectivity index (χ1) is 10.3. The monoisotopic (exact) mass is 282 g/mol. The summed E-state index contributed by atoms with van der Waals surface area (Å²) >= 11 is 0. The molecule has 1 aliphatic rings. The van der Waals surface area contributed by atoms with Gasteiger partial charge in [-0.25, -0.2) is 0 Å². The third kappa shape index (κ3) is 5.14. The SMILES string of the molecule is O=C1CCCC/C1=C/CCC/C=C/C(=O)c1ccccc1. The first kappa shape index (κ1) is 15.4. The molecule has 1 aliphatic carbocycles. The van der Waals surface area contributed by atoms with Gasteiger partial charge < -0.3 is 0 Å². The highest BCUT2D eigenvalue weighted by molar-refractivity contribution is 6.04. The minimum Gasteiger partial charge on any atom is -0.295 e. The van der Waals surface area contributed by atoms with Crippen LogP contribution in [0, 0.1) is 0 Å². The van der Waals surface area contributed by atoms with Crippen molar-refractivity contribution >= 4 is 11.6 Å². The van der Waals surface area contributed by atoms with Gasteiger partial charge in [0.1, 0.15) is 0 Å². The number of ketones is 2. The third-order valence-electron chi connectivity index (χ3n) is 3.75. The number of carbonyl (C=O) groups is 2. The van der Waals surface area contributed by atoms with Crippen LogP contribution in [0.3, 0.4) is 0 Å². The summed E-state index contributed by atoms with van der Waals surface area (Å²) in [5.74, 6) is 0.382. The highest BCUT2D eigenvalue weighted by Gasteiger charge is 2.13. The van der Waals surface area contributed by atoms with Crippen molar-refractivity contribution in [2.75, 3.05) is 0 Å². The first-order valence-electron chi connectivity index (χ1n) is 7.75. The largest absolute Gasteiger partial charge is 0.295 e. The molecule has 0 saturated heterocycles. The van der Waals surface area contributed by atoms with E-state index in [0.29, 0.717) is 5.78 Å². The van der Waals surface area contributed by atoms with Crippen molar-refractivity contribution in [3.05, 3.63) is 59.7 Å². The lowest BCUT2D eigenvalue weighted by Gasteiger charge is -2.11. The van der Waals surface area contributed by atoms with Crippen LogP contribution in [0.15, 0.2) is 54.1 Å². The summed E-state index contributed by atoms with van der Waals surface area (Å²) in [6, 6.07) is 9.29. The molecule has 1 fully saturated rings. The van der Waals surface area contributed by atoms with Gasteiger partial charge in [-0.3, -0.25) is 9.59 Å². The molecule has 0 spiro atoms. The van der Waals surface area contributed by atoms with Crippen LogP contribution in [0.2, 0.25) is 0 Å². The summed E-state index contributed by atoms with van der Waals surface area (Å²) in [4.78, 5) is 23.5. The van der Waals surface area contributed by atoms with Crippen LogP contribution in [0.25, 0.3) is 0 Å². The quantitative estimate of drug-likeness (QED) is 0.432. The Morgan fingerprint density at radius 1 is 1.05 bits per heavy atom. The van der Waals surface area contributed by atoms with Crippen LogP contribution < -0.4 is 0 Å². The predicted octanol–water partition coefficient (Wildman–Crippen LogP) is 4.67. The van der Waals surface area contributed by atoms with E-state index >= 15 is 0 Å². The number of Topliss-reactive ketones (excluding diaryl/α,β-unsaturated/α-hetero) is 1. The average molecular weight is 282 g/mol. The topological polar surface area (TPSA) is 34.1 Å². The van der Waals surface area contributed by atoms with Gasteiger partial charge in [0.25, 0.3) is 0 Å². The highest BCUT2D eigenvalue weighted by atomic mass is 16.1.